The zero-order valence-corrected chi connectivity index (χ0v) is 12.9. The van der Waals surface area contributed by atoms with Crippen LogP contribution in [0.5, 0.6) is 0 Å². The number of rotatable bonds is 5. The molecule has 1 unspecified atom stereocenters. The number of carbonyl (C=O) groups excluding carboxylic acids is 2. The lowest BCUT2D eigenvalue weighted by atomic mass is 10.1. The highest BCUT2D eigenvalue weighted by molar-refractivity contribution is 6.42. The molecule has 6 nitrogen and oxygen atoms in total. The average Bonchev–Trinajstić information content (AvgIpc) is 2.40. The van der Waals surface area contributed by atoms with Gasteiger partial charge in [-0.3, -0.25) is 14.4 Å². The van der Waals surface area contributed by atoms with E-state index in [1.54, 1.807) is 6.07 Å². The van der Waals surface area contributed by atoms with Crippen LogP contribution in [0.1, 0.15) is 6.92 Å². The van der Waals surface area contributed by atoms with E-state index in [4.69, 9.17) is 28.3 Å². The van der Waals surface area contributed by atoms with Crippen molar-refractivity contribution < 1.29 is 19.5 Å². The lowest BCUT2D eigenvalue weighted by Crippen LogP contribution is -2.40. The molecule has 0 aliphatic rings. The van der Waals surface area contributed by atoms with E-state index >= 15 is 0 Å². The molecule has 0 aliphatic heterocycles. The van der Waals surface area contributed by atoms with Crippen LogP contribution in [0.4, 0.5) is 5.69 Å². The van der Waals surface area contributed by atoms with Crippen molar-refractivity contribution in [2.24, 2.45) is 5.92 Å². The number of carboxylic acid groups (broad SMARTS) is 1. The summed E-state index contributed by atoms with van der Waals surface area (Å²) in [5, 5.41) is 11.9. The molecule has 2 amide bonds. The van der Waals surface area contributed by atoms with Gasteiger partial charge >= 0.3 is 5.97 Å². The maximum atomic E-state index is 11.8. The fourth-order valence-electron chi connectivity index (χ4n) is 1.50. The van der Waals surface area contributed by atoms with Crippen molar-refractivity contribution in [1.29, 1.82) is 0 Å². The van der Waals surface area contributed by atoms with Gasteiger partial charge in [0.25, 0.3) is 0 Å². The molecule has 2 N–H and O–H groups in total. The van der Waals surface area contributed by atoms with Gasteiger partial charge in [-0.05, 0) is 25.1 Å². The summed E-state index contributed by atoms with van der Waals surface area (Å²) in [5.41, 5.74) is 0.432. The molecule has 1 aromatic rings. The van der Waals surface area contributed by atoms with Crippen molar-refractivity contribution in [3.05, 3.63) is 28.2 Å². The molecule has 0 spiro atoms. The molecular formula is C13H14Cl2N2O4. The van der Waals surface area contributed by atoms with E-state index in [1.165, 1.54) is 26.1 Å². The number of carboxylic acids is 1. The minimum atomic E-state index is -1.24. The summed E-state index contributed by atoms with van der Waals surface area (Å²) >= 11 is 11.6. The first kappa shape index (κ1) is 17.3. The summed E-state index contributed by atoms with van der Waals surface area (Å²) in [5.74, 6) is -3.56. The zero-order chi connectivity index (χ0) is 16.2. The Morgan fingerprint density at radius 3 is 2.43 bits per heavy atom. The van der Waals surface area contributed by atoms with E-state index in [0.717, 1.165) is 4.90 Å². The van der Waals surface area contributed by atoms with Crippen LogP contribution in [0, 0.1) is 5.92 Å². The molecule has 114 valence electrons. The Morgan fingerprint density at radius 1 is 1.29 bits per heavy atom. The number of nitrogens with zero attached hydrogens (tertiary/aromatic N) is 1. The SMILES string of the molecule is CC(C(=O)O)C(=O)N(C)CC(=O)Nc1ccc(Cl)c(Cl)c1. The van der Waals surface area contributed by atoms with Gasteiger partial charge in [-0.15, -0.1) is 0 Å². The molecule has 0 aliphatic carbocycles. The van der Waals surface area contributed by atoms with Gasteiger partial charge in [-0.25, -0.2) is 0 Å². The van der Waals surface area contributed by atoms with Crippen molar-refractivity contribution in [3.63, 3.8) is 0 Å². The molecule has 0 saturated carbocycles. The maximum Gasteiger partial charge on any atom is 0.315 e. The van der Waals surface area contributed by atoms with Crippen LogP contribution in [-0.4, -0.2) is 41.4 Å². The highest BCUT2D eigenvalue weighted by Crippen LogP contribution is 2.24. The zero-order valence-electron chi connectivity index (χ0n) is 11.4. The molecule has 1 atom stereocenters. The topological polar surface area (TPSA) is 86.7 Å². The largest absolute Gasteiger partial charge is 0.481 e. The Kier molecular flexibility index (Phi) is 5.99. The number of halogens is 2. The third-order valence-electron chi connectivity index (χ3n) is 2.70. The summed E-state index contributed by atoms with van der Waals surface area (Å²) in [6.45, 7) is 0.995. The van der Waals surface area contributed by atoms with Crippen LogP contribution in [0.15, 0.2) is 18.2 Å². The molecular weight excluding hydrogens is 319 g/mol. The Balaban J connectivity index is 2.62. The summed E-state index contributed by atoms with van der Waals surface area (Å²) in [6.07, 6.45) is 0. The number of carbonyl (C=O) groups is 3. The van der Waals surface area contributed by atoms with Crippen molar-refractivity contribution in [3.8, 4) is 0 Å². The molecule has 0 bridgehead atoms. The van der Waals surface area contributed by atoms with Crippen LogP contribution < -0.4 is 5.32 Å². The number of likely N-dealkylation sites (N-methyl/N-ethyl adjacent to an activating group) is 1. The van der Waals surface area contributed by atoms with Gasteiger partial charge in [-0.1, -0.05) is 23.2 Å². The molecule has 1 rings (SSSR count). The second-order valence-electron chi connectivity index (χ2n) is 4.43. The molecule has 0 radical (unpaired) electrons. The number of hydrogen-bond acceptors (Lipinski definition) is 3. The summed E-state index contributed by atoms with van der Waals surface area (Å²) in [4.78, 5) is 35.2. The Labute approximate surface area is 131 Å². The number of hydrogen-bond donors (Lipinski definition) is 2. The number of aliphatic carboxylic acids is 1. The standard InChI is InChI=1S/C13H14Cl2N2O4/c1-7(13(20)21)12(19)17(2)6-11(18)16-8-3-4-9(14)10(15)5-8/h3-5,7H,6H2,1-2H3,(H,16,18)(H,20,21). The van der Waals surface area contributed by atoms with E-state index < -0.39 is 23.7 Å². The molecule has 1 aromatic carbocycles. The first-order valence-corrected chi connectivity index (χ1v) is 6.70. The van der Waals surface area contributed by atoms with Gasteiger partial charge in [0.2, 0.25) is 11.8 Å². The molecule has 0 saturated heterocycles. The fourth-order valence-corrected chi connectivity index (χ4v) is 1.80. The van der Waals surface area contributed by atoms with E-state index in [9.17, 15) is 14.4 Å². The van der Waals surface area contributed by atoms with Gasteiger partial charge in [0, 0.05) is 12.7 Å². The van der Waals surface area contributed by atoms with Gasteiger partial charge in [-0.2, -0.15) is 0 Å². The van der Waals surface area contributed by atoms with Crippen molar-refractivity contribution in [2.45, 2.75) is 6.92 Å². The van der Waals surface area contributed by atoms with Crippen LogP contribution in [-0.2, 0) is 14.4 Å². The maximum absolute atomic E-state index is 11.8. The lowest BCUT2D eigenvalue weighted by Gasteiger charge is -2.19. The molecule has 0 aromatic heterocycles. The number of amides is 2. The van der Waals surface area contributed by atoms with E-state index in [1.807, 2.05) is 0 Å². The number of nitrogens with one attached hydrogen (secondary N) is 1. The molecule has 21 heavy (non-hydrogen) atoms. The lowest BCUT2D eigenvalue weighted by molar-refractivity contribution is -0.150. The summed E-state index contributed by atoms with van der Waals surface area (Å²) in [7, 11) is 1.36. The van der Waals surface area contributed by atoms with Gasteiger partial charge in [0.15, 0.2) is 0 Å². The third-order valence-corrected chi connectivity index (χ3v) is 3.44. The second-order valence-corrected chi connectivity index (χ2v) is 5.25. The van der Waals surface area contributed by atoms with Crippen molar-refractivity contribution in [1.82, 2.24) is 4.90 Å². The van der Waals surface area contributed by atoms with E-state index in [-0.39, 0.29) is 6.54 Å². The quantitative estimate of drug-likeness (QED) is 0.808. The normalized spacial score (nSPS) is 11.6. The Hall–Kier alpha value is -1.79. The minimum Gasteiger partial charge on any atom is -0.481 e. The highest BCUT2D eigenvalue weighted by atomic mass is 35.5. The van der Waals surface area contributed by atoms with Gasteiger partial charge in [0.1, 0.15) is 5.92 Å². The highest BCUT2D eigenvalue weighted by Gasteiger charge is 2.25. The predicted molar refractivity (Wildman–Crippen MR) is 79.5 cm³/mol. The summed E-state index contributed by atoms with van der Waals surface area (Å²) in [6, 6.07) is 4.57. The molecule has 0 heterocycles. The van der Waals surface area contributed by atoms with Crippen LogP contribution in [0.2, 0.25) is 10.0 Å². The van der Waals surface area contributed by atoms with Gasteiger partial charge < -0.3 is 15.3 Å². The predicted octanol–water partition coefficient (Wildman–Crippen LogP) is 2.11. The Morgan fingerprint density at radius 2 is 1.90 bits per heavy atom. The summed E-state index contributed by atoms with van der Waals surface area (Å²) < 4.78 is 0. The van der Waals surface area contributed by atoms with Crippen molar-refractivity contribution in [2.75, 3.05) is 18.9 Å². The first-order chi connectivity index (χ1) is 9.72. The third kappa shape index (κ3) is 4.91. The van der Waals surface area contributed by atoms with Crippen LogP contribution in [0.25, 0.3) is 0 Å². The van der Waals surface area contributed by atoms with Crippen molar-refractivity contribution >= 4 is 46.7 Å². The van der Waals surface area contributed by atoms with Crippen LogP contribution >= 0.6 is 23.2 Å². The molecule has 0 fully saturated rings. The second kappa shape index (κ2) is 7.28. The van der Waals surface area contributed by atoms with Crippen LogP contribution in [0.3, 0.4) is 0 Å². The average molecular weight is 333 g/mol. The monoisotopic (exact) mass is 332 g/mol. The molecule has 8 heteroatoms. The first-order valence-electron chi connectivity index (χ1n) is 5.95. The van der Waals surface area contributed by atoms with E-state index in [2.05, 4.69) is 5.32 Å². The number of benzene rings is 1. The Bertz CT molecular complexity index is 577. The number of anilines is 1. The fraction of sp³-hybridized carbons (Fsp3) is 0.308. The van der Waals surface area contributed by atoms with E-state index in [0.29, 0.717) is 15.7 Å². The minimum absolute atomic E-state index is 0.267. The van der Waals surface area contributed by atoms with Gasteiger partial charge in [0.05, 0.1) is 16.6 Å². The smallest absolute Gasteiger partial charge is 0.315 e.